The predicted octanol–water partition coefficient (Wildman–Crippen LogP) is 3.86. The average Bonchev–Trinajstić information content (AvgIpc) is 3.21. The summed E-state index contributed by atoms with van der Waals surface area (Å²) in [6.07, 6.45) is 2.25. The third-order valence-electron chi connectivity index (χ3n) is 3.90. The highest BCUT2D eigenvalue weighted by atomic mass is 35.5. The highest BCUT2D eigenvalue weighted by Gasteiger charge is 2.17. The normalized spacial score (nSPS) is 11.6. The number of carbonyl (C=O) groups is 1. The van der Waals surface area contributed by atoms with Crippen molar-refractivity contribution in [2.45, 2.75) is 11.8 Å². The zero-order chi connectivity index (χ0) is 23.3. The molecule has 0 bridgehead atoms. The molecule has 8 nitrogen and oxygen atoms in total. The van der Waals surface area contributed by atoms with Crippen molar-refractivity contribution in [1.82, 2.24) is 9.36 Å². The molecule has 0 spiro atoms. The van der Waals surface area contributed by atoms with Crippen molar-refractivity contribution in [2.75, 3.05) is 11.6 Å². The summed E-state index contributed by atoms with van der Waals surface area (Å²) in [7, 11) is -3.61. The Bertz CT molecular complexity index is 1330. The minimum atomic E-state index is -3.61. The molecule has 1 amide bonds. The number of rotatable bonds is 7. The van der Waals surface area contributed by atoms with Gasteiger partial charge in [0.1, 0.15) is 29.8 Å². The Kier molecular flexibility index (Phi) is 7.19. The predicted molar refractivity (Wildman–Crippen MR) is 117 cm³/mol. The molecule has 0 aliphatic carbocycles. The molecule has 2 aromatic carbocycles. The fraction of sp³-hybridized carbons (Fsp3) is 0.100. The maximum atomic E-state index is 13.0. The molecule has 0 saturated heterocycles. The summed E-state index contributed by atoms with van der Waals surface area (Å²) in [4.78, 5) is 16.1. The molecular weight excluding hydrogens is 479 g/mol. The molecule has 3 rings (SSSR count). The van der Waals surface area contributed by atoms with E-state index < -0.39 is 20.9 Å². The van der Waals surface area contributed by atoms with E-state index in [9.17, 15) is 22.9 Å². The second-order valence-electron chi connectivity index (χ2n) is 6.38. The molecule has 3 aromatic rings. The first-order valence-corrected chi connectivity index (χ1v) is 11.8. The van der Waals surface area contributed by atoms with Gasteiger partial charge in [0.2, 0.25) is 15.0 Å². The quantitative estimate of drug-likeness (QED) is 0.392. The van der Waals surface area contributed by atoms with E-state index in [0.717, 1.165) is 11.8 Å². The van der Waals surface area contributed by atoms with Crippen LogP contribution < -0.4 is 10.1 Å². The van der Waals surface area contributed by atoms with Crippen molar-refractivity contribution in [3.05, 3.63) is 70.0 Å². The molecule has 32 heavy (non-hydrogen) atoms. The largest absolute Gasteiger partial charge is 0.487 e. The van der Waals surface area contributed by atoms with Gasteiger partial charge >= 0.3 is 0 Å². The number of hydrogen-bond donors (Lipinski definition) is 1. The van der Waals surface area contributed by atoms with Crippen molar-refractivity contribution in [2.24, 2.45) is 0 Å². The Morgan fingerprint density at radius 3 is 2.62 bits per heavy atom. The fourth-order valence-corrected chi connectivity index (χ4v) is 4.04. The monoisotopic (exact) mass is 492 g/mol. The van der Waals surface area contributed by atoms with E-state index in [2.05, 4.69) is 14.7 Å². The van der Waals surface area contributed by atoms with E-state index in [0.29, 0.717) is 22.8 Å². The highest BCUT2D eigenvalue weighted by Crippen LogP contribution is 2.27. The number of sulfone groups is 1. The maximum absolute atomic E-state index is 13.0. The van der Waals surface area contributed by atoms with E-state index in [1.807, 2.05) is 0 Å². The van der Waals surface area contributed by atoms with Gasteiger partial charge in [0.15, 0.2) is 0 Å². The molecule has 0 saturated carbocycles. The van der Waals surface area contributed by atoms with E-state index in [4.69, 9.17) is 16.3 Å². The number of benzene rings is 2. The molecule has 0 fully saturated rings. The molecular formula is C20H14ClFN4O4S2. The van der Waals surface area contributed by atoms with Crippen LogP contribution in [0.25, 0.3) is 6.08 Å². The van der Waals surface area contributed by atoms with Crippen LogP contribution in [0.1, 0.15) is 11.1 Å². The number of nitriles is 1. The highest BCUT2D eigenvalue weighted by molar-refractivity contribution is 7.90. The van der Waals surface area contributed by atoms with Gasteiger partial charge in [0, 0.05) is 17.8 Å². The van der Waals surface area contributed by atoms with Crippen LogP contribution in [0.2, 0.25) is 5.02 Å². The molecule has 0 unspecified atom stereocenters. The first kappa shape index (κ1) is 23.3. The van der Waals surface area contributed by atoms with Crippen molar-refractivity contribution in [3.63, 3.8) is 0 Å². The lowest BCUT2D eigenvalue weighted by molar-refractivity contribution is -0.112. The zero-order valence-electron chi connectivity index (χ0n) is 16.4. The van der Waals surface area contributed by atoms with Crippen LogP contribution in [-0.4, -0.2) is 29.9 Å². The van der Waals surface area contributed by atoms with Crippen molar-refractivity contribution < 1.29 is 22.3 Å². The van der Waals surface area contributed by atoms with Gasteiger partial charge in [-0.2, -0.15) is 14.6 Å². The summed E-state index contributed by atoms with van der Waals surface area (Å²) in [5, 5.41) is 11.5. The number of aromatic nitrogens is 2. The lowest BCUT2D eigenvalue weighted by Gasteiger charge is -2.09. The third kappa shape index (κ3) is 6.10. The fourth-order valence-electron chi connectivity index (χ4n) is 2.36. The first-order valence-electron chi connectivity index (χ1n) is 8.79. The molecule has 12 heteroatoms. The first-order chi connectivity index (χ1) is 15.2. The third-order valence-corrected chi connectivity index (χ3v) is 5.79. The van der Waals surface area contributed by atoms with Crippen LogP contribution in [0.4, 0.5) is 9.52 Å². The SMILES string of the molecule is CS(=O)(=O)c1nsc(NC(=O)/C(C#N)=C\c2ccc(OCc3ccc(F)cc3)c(Cl)c2)n1. The number of hydrogen-bond acceptors (Lipinski definition) is 8. The van der Waals surface area contributed by atoms with Crippen molar-refractivity contribution >= 4 is 50.1 Å². The smallest absolute Gasteiger partial charge is 0.268 e. The van der Waals surface area contributed by atoms with Crippen molar-refractivity contribution in [3.8, 4) is 11.8 Å². The Hall–Kier alpha value is -3.33. The zero-order valence-corrected chi connectivity index (χ0v) is 18.8. The second-order valence-corrected chi connectivity index (χ2v) is 9.45. The molecule has 0 aliphatic heterocycles. The Balaban J connectivity index is 1.70. The number of anilines is 1. The Morgan fingerprint density at radius 1 is 1.31 bits per heavy atom. The van der Waals surface area contributed by atoms with E-state index in [1.165, 1.54) is 24.3 Å². The molecule has 0 radical (unpaired) electrons. The standard InChI is InChI=1S/C20H14ClFN4O4S2/c1-32(28,29)20-25-19(31-26-20)24-18(27)14(10-23)8-13-4-7-17(16(21)9-13)30-11-12-2-5-15(22)6-3-12/h2-9H,11H2,1H3,(H,24,25,26,27)/b14-8-. The number of nitrogens with one attached hydrogen (secondary N) is 1. The molecule has 1 heterocycles. The van der Waals surface area contributed by atoms with Crippen LogP contribution in [0.5, 0.6) is 5.75 Å². The van der Waals surface area contributed by atoms with Gasteiger partial charge in [0.05, 0.1) is 5.02 Å². The number of amides is 1. The van der Waals surface area contributed by atoms with E-state index >= 15 is 0 Å². The van der Waals surface area contributed by atoms with Gasteiger partial charge in [-0.1, -0.05) is 29.8 Å². The van der Waals surface area contributed by atoms with Gasteiger partial charge in [-0.05, 0) is 41.5 Å². The average molecular weight is 493 g/mol. The van der Waals surface area contributed by atoms with Gasteiger partial charge in [-0.25, -0.2) is 12.8 Å². The Labute approximate surface area is 192 Å². The van der Waals surface area contributed by atoms with E-state index in [1.54, 1.807) is 30.3 Å². The minimum Gasteiger partial charge on any atom is -0.487 e. The van der Waals surface area contributed by atoms with Crippen molar-refractivity contribution in [1.29, 1.82) is 5.26 Å². The number of halogens is 2. The lowest BCUT2D eigenvalue weighted by atomic mass is 10.1. The Morgan fingerprint density at radius 2 is 2.03 bits per heavy atom. The summed E-state index contributed by atoms with van der Waals surface area (Å²) in [6.45, 7) is 0.179. The minimum absolute atomic E-state index is 0.0563. The van der Waals surface area contributed by atoms with E-state index in [-0.39, 0.29) is 28.2 Å². The van der Waals surface area contributed by atoms with Gasteiger partial charge < -0.3 is 4.74 Å². The maximum Gasteiger partial charge on any atom is 0.268 e. The molecule has 0 aliphatic rings. The topological polar surface area (TPSA) is 122 Å². The molecule has 1 N–H and O–H groups in total. The van der Waals surface area contributed by atoms with Gasteiger partial charge in [-0.15, -0.1) is 0 Å². The van der Waals surface area contributed by atoms with Crippen LogP contribution in [0, 0.1) is 17.1 Å². The molecule has 164 valence electrons. The van der Waals surface area contributed by atoms with Crippen LogP contribution in [-0.2, 0) is 21.2 Å². The summed E-state index contributed by atoms with van der Waals surface area (Å²) in [6, 6.07) is 12.3. The second kappa shape index (κ2) is 9.86. The van der Waals surface area contributed by atoms with Crippen LogP contribution in [0.3, 0.4) is 0 Å². The summed E-state index contributed by atoms with van der Waals surface area (Å²) < 4.78 is 45.1. The summed E-state index contributed by atoms with van der Waals surface area (Å²) >= 11 is 6.91. The van der Waals surface area contributed by atoms with Gasteiger partial charge in [0.25, 0.3) is 11.1 Å². The van der Waals surface area contributed by atoms with Gasteiger partial charge in [-0.3, -0.25) is 10.1 Å². The number of carbonyl (C=O) groups excluding carboxylic acids is 1. The van der Waals surface area contributed by atoms with Crippen LogP contribution >= 0.6 is 23.1 Å². The summed E-state index contributed by atoms with van der Waals surface area (Å²) in [5.74, 6) is -0.753. The van der Waals surface area contributed by atoms with Crippen LogP contribution in [0.15, 0.2) is 53.2 Å². The number of nitrogens with zero attached hydrogens (tertiary/aromatic N) is 3. The number of ether oxygens (including phenoxy) is 1. The lowest BCUT2D eigenvalue weighted by Crippen LogP contribution is -2.13. The summed E-state index contributed by atoms with van der Waals surface area (Å²) in [5.41, 5.74) is 0.965. The molecule has 0 atom stereocenters. The molecule has 1 aromatic heterocycles.